The molecule has 0 saturated heterocycles. The van der Waals surface area contributed by atoms with Gasteiger partial charge in [0.05, 0.1) is 22.3 Å². The summed E-state index contributed by atoms with van der Waals surface area (Å²) in [7, 11) is 0. The highest BCUT2D eigenvalue weighted by Gasteiger charge is 2.33. The molecule has 6 aromatic carbocycles. The maximum atomic E-state index is 13.4. The first-order chi connectivity index (χ1) is 20.4. The first-order valence-electron chi connectivity index (χ1n) is 14.3. The topological polar surface area (TPSA) is 39.1 Å². The van der Waals surface area contributed by atoms with Crippen LogP contribution in [0.3, 0.4) is 0 Å². The van der Waals surface area contributed by atoms with Crippen LogP contribution in [0.1, 0.15) is 43.0 Å². The van der Waals surface area contributed by atoms with Crippen LogP contribution >= 0.6 is 0 Å². The molecule has 0 unspecified atom stereocenters. The van der Waals surface area contributed by atoms with Crippen molar-refractivity contribution in [3.05, 3.63) is 142 Å². The number of carbonyl (C=O) groups is 2. The second kappa shape index (κ2) is 8.86. The summed E-state index contributed by atoms with van der Waals surface area (Å²) in [6.45, 7) is 6.51. The molecule has 0 radical (unpaired) electrons. The fourth-order valence-electron chi connectivity index (χ4n) is 6.89. The Kier molecular flexibility index (Phi) is 5.17. The number of allylic oxidation sites excluding steroid dienone is 1. The predicted octanol–water partition coefficient (Wildman–Crippen LogP) is 9.48. The number of aromatic nitrogens is 1. The summed E-state index contributed by atoms with van der Waals surface area (Å²) in [5, 5.41) is 6.47. The molecular weight excluding hydrogens is 514 g/mol. The van der Waals surface area contributed by atoms with Gasteiger partial charge in [-0.15, -0.1) is 0 Å². The number of ketones is 2. The van der Waals surface area contributed by atoms with E-state index in [4.69, 9.17) is 0 Å². The molecule has 3 heteroatoms. The van der Waals surface area contributed by atoms with Gasteiger partial charge < -0.3 is 4.57 Å². The average Bonchev–Trinajstić information content (AvgIpc) is 3.41. The van der Waals surface area contributed by atoms with Gasteiger partial charge in [0.25, 0.3) is 0 Å². The van der Waals surface area contributed by atoms with Gasteiger partial charge >= 0.3 is 0 Å². The number of aryl methyl sites for hydroxylation is 3. The van der Waals surface area contributed by atoms with E-state index in [2.05, 4.69) is 86.0 Å². The highest BCUT2D eigenvalue weighted by Crippen LogP contribution is 2.38. The number of hydrogen-bond acceptors (Lipinski definition) is 2. The van der Waals surface area contributed by atoms with E-state index in [1.54, 1.807) is 6.08 Å². The number of nitrogens with zero attached hydrogens (tertiary/aromatic N) is 1. The molecule has 3 nitrogen and oxygen atoms in total. The Labute approximate surface area is 243 Å². The largest absolute Gasteiger partial charge is 0.309 e. The lowest BCUT2D eigenvalue weighted by Crippen LogP contribution is -2.01. The maximum absolute atomic E-state index is 13.4. The van der Waals surface area contributed by atoms with Gasteiger partial charge in [-0.3, -0.25) is 9.59 Å². The smallest absolute Gasteiger partial charge is 0.197 e. The van der Waals surface area contributed by atoms with E-state index in [-0.39, 0.29) is 17.1 Å². The molecule has 8 rings (SSSR count). The third-order valence-corrected chi connectivity index (χ3v) is 8.69. The van der Waals surface area contributed by atoms with Crippen LogP contribution in [0.25, 0.3) is 55.1 Å². The summed E-state index contributed by atoms with van der Waals surface area (Å²) >= 11 is 0. The molecule has 0 fully saturated rings. The first-order valence-corrected chi connectivity index (χ1v) is 14.3. The van der Waals surface area contributed by atoms with Crippen LogP contribution in [0.5, 0.6) is 0 Å². The number of Topliss-reactive ketones (excluding diaryl/α,β-unsaturated/α-hetero) is 2. The number of benzene rings is 6. The minimum atomic E-state index is -0.205. The van der Waals surface area contributed by atoms with E-state index in [1.165, 1.54) is 38.7 Å². The van der Waals surface area contributed by atoms with Crippen molar-refractivity contribution < 1.29 is 9.59 Å². The lowest BCUT2D eigenvalue weighted by atomic mass is 10.0. The quantitative estimate of drug-likeness (QED) is 0.161. The van der Waals surface area contributed by atoms with Gasteiger partial charge in [-0.25, -0.2) is 0 Å². The summed E-state index contributed by atoms with van der Waals surface area (Å²) in [6, 6.07) is 35.2. The van der Waals surface area contributed by atoms with Crippen LogP contribution in [-0.2, 0) is 0 Å². The molecule has 0 N–H and O–H groups in total. The number of rotatable bonds is 2. The first kappa shape index (κ1) is 24.5. The minimum Gasteiger partial charge on any atom is -0.309 e. The van der Waals surface area contributed by atoms with Gasteiger partial charge in [0.2, 0.25) is 0 Å². The van der Waals surface area contributed by atoms with Crippen LogP contribution in [-0.4, -0.2) is 16.1 Å². The number of hydrogen-bond donors (Lipinski definition) is 0. The van der Waals surface area contributed by atoms with E-state index in [0.717, 1.165) is 32.6 Å². The zero-order valence-electron chi connectivity index (χ0n) is 23.7. The molecular formula is C39H27NO2. The molecule has 0 bridgehead atoms. The molecule has 1 aliphatic carbocycles. The minimum absolute atomic E-state index is 0.205. The lowest BCUT2D eigenvalue weighted by Gasteiger charge is -2.15. The molecule has 7 aromatic rings. The summed E-state index contributed by atoms with van der Waals surface area (Å²) in [4.78, 5) is 26.7. The van der Waals surface area contributed by atoms with Crippen molar-refractivity contribution in [2.75, 3.05) is 0 Å². The molecule has 200 valence electrons. The summed E-state index contributed by atoms with van der Waals surface area (Å²) in [5.41, 5.74) is 9.35. The van der Waals surface area contributed by atoms with Crippen LogP contribution in [0, 0.1) is 20.8 Å². The van der Waals surface area contributed by atoms with Gasteiger partial charge in [0.1, 0.15) is 0 Å². The van der Waals surface area contributed by atoms with Crippen molar-refractivity contribution in [2.45, 2.75) is 20.8 Å². The Bertz CT molecular complexity index is 2290. The van der Waals surface area contributed by atoms with E-state index in [9.17, 15) is 9.59 Å². The second-order valence-electron chi connectivity index (χ2n) is 11.5. The van der Waals surface area contributed by atoms with Crippen molar-refractivity contribution in [3.8, 4) is 5.69 Å². The Morgan fingerprint density at radius 1 is 0.548 bits per heavy atom. The Morgan fingerprint density at radius 3 is 1.86 bits per heavy atom. The van der Waals surface area contributed by atoms with Crippen LogP contribution in [0.15, 0.2) is 109 Å². The molecule has 1 heterocycles. The summed E-state index contributed by atoms with van der Waals surface area (Å²) in [6.07, 6.45) is 1.75. The van der Waals surface area contributed by atoms with Crippen molar-refractivity contribution in [1.82, 2.24) is 4.57 Å². The summed E-state index contributed by atoms with van der Waals surface area (Å²) < 4.78 is 2.39. The molecule has 0 amide bonds. The van der Waals surface area contributed by atoms with E-state index in [1.807, 2.05) is 42.5 Å². The molecule has 1 aromatic heterocycles. The third-order valence-electron chi connectivity index (χ3n) is 8.69. The predicted molar refractivity (Wildman–Crippen MR) is 173 cm³/mol. The van der Waals surface area contributed by atoms with Crippen molar-refractivity contribution in [3.63, 3.8) is 0 Å². The normalized spacial score (nSPS) is 13.2. The highest BCUT2D eigenvalue weighted by atomic mass is 16.2. The van der Waals surface area contributed by atoms with Gasteiger partial charge in [-0.2, -0.15) is 0 Å². The number of fused-ring (bicyclic) bond motifs is 6. The second-order valence-corrected chi connectivity index (χ2v) is 11.5. The van der Waals surface area contributed by atoms with Gasteiger partial charge in [-0.1, -0.05) is 72.3 Å². The average molecular weight is 542 g/mol. The fraction of sp³-hybridized carbons (Fsp3) is 0.0769. The monoisotopic (exact) mass is 541 g/mol. The molecule has 0 spiro atoms. The summed E-state index contributed by atoms with van der Waals surface area (Å²) in [5.74, 6) is -0.411. The van der Waals surface area contributed by atoms with E-state index in [0.29, 0.717) is 11.1 Å². The highest BCUT2D eigenvalue weighted by molar-refractivity contribution is 6.42. The fourth-order valence-corrected chi connectivity index (χ4v) is 6.89. The van der Waals surface area contributed by atoms with Crippen molar-refractivity contribution in [1.29, 1.82) is 0 Å². The molecule has 0 aliphatic heterocycles. The number of para-hydroxylation sites is 1. The Hall–Kier alpha value is -5.28. The molecule has 0 atom stereocenters. The van der Waals surface area contributed by atoms with Gasteiger partial charge in [-0.05, 0) is 101 Å². The van der Waals surface area contributed by atoms with Crippen molar-refractivity contribution >= 4 is 61.0 Å². The molecule has 42 heavy (non-hydrogen) atoms. The molecule has 1 aliphatic rings. The third kappa shape index (κ3) is 3.53. The zero-order valence-corrected chi connectivity index (χ0v) is 23.7. The lowest BCUT2D eigenvalue weighted by molar-refractivity contribution is 0.0990. The zero-order chi connectivity index (χ0) is 28.7. The standard InChI is InChI=1S/C39H27NO2/c1-22-14-23(2)37(24(3)15-22)40-35-11-7-6-10-30(35)31-20-29-16-25(12-13-28(29)21-36(31)40)17-34-38(41)32-18-26-8-4-5-9-27(26)19-33(32)39(34)42/h4-21H,1-3H3. The van der Waals surface area contributed by atoms with Gasteiger partial charge in [0, 0.05) is 21.9 Å². The maximum Gasteiger partial charge on any atom is 0.197 e. The van der Waals surface area contributed by atoms with Crippen molar-refractivity contribution in [2.24, 2.45) is 0 Å². The van der Waals surface area contributed by atoms with E-state index < -0.39 is 0 Å². The Balaban J connectivity index is 1.29. The van der Waals surface area contributed by atoms with Crippen LogP contribution in [0.4, 0.5) is 0 Å². The van der Waals surface area contributed by atoms with Crippen LogP contribution < -0.4 is 0 Å². The SMILES string of the molecule is Cc1cc(C)c(-n2c3ccccc3c3cc4cc(C=C5C(=O)c6cc7ccccc7cc6C5=O)ccc4cc32)c(C)c1. The number of carbonyl (C=O) groups excluding carboxylic acids is 2. The Morgan fingerprint density at radius 2 is 1.17 bits per heavy atom. The van der Waals surface area contributed by atoms with E-state index >= 15 is 0 Å². The molecule has 0 saturated carbocycles. The van der Waals surface area contributed by atoms with Gasteiger partial charge in [0.15, 0.2) is 11.6 Å². The van der Waals surface area contributed by atoms with Crippen LogP contribution in [0.2, 0.25) is 0 Å².